The highest BCUT2D eigenvalue weighted by atomic mass is 16.5. The number of amides is 1. The maximum atomic E-state index is 12.4. The first-order valence-electron chi connectivity index (χ1n) is 9.72. The molecule has 3 atom stereocenters. The molecule has 1 amide bonds. The quantitative estimate of drug-likeness (QED) is 0.853. The average molecular weight is 364 g/mol. The molecule has 3 heterocycles. The number of carbonyl (C=O) groups is 1. The fraction of sp³-hybridized carbons (Fsp3) is 0.476. The van der Waals surface area contributed by atoms with Crippen LogP contribution in [-0.2, 0) is 11.2 Å². The van der Waals surface area contributed by atoms with Gasteiger partial charge in [-0.1, -0.05) is 19.1 Å². The molecule has 0 radical (unpaired) electrons. The Bertz CT molecular complexity index is 837. The van der Waals surface area contributed by atoms with Gasteiger partial charge in [-0.05, 0) is 30.5 Å². The lowest BCUT2D eigenvalue weighted by atomic mass is 9.85. The van der Waals surface area contributed by atoms with Crippen LogP contribution in [0.4, 0.5) is 5.69 Å². The largest absolute Gasteiger partial charge is 0.371 e. The van der Waals surface area contributed by atoms with Crippen LogP contribution in [0.25, 0.3) is 0 Å². The second-order valence-electron chi connectivity index (χ2n) is 8.08. The summed E-state index contributed by atoms with van der Waals surface area (Å²) in [4.78, 5) is 21.0. The Balaban J connectivity index is 1.23. The van der Waals surface area contributed by atoms with E-state index in [2.05, 4.69) is 39.7 Å². The number of hydrogen-bond acceptors (Lipinski definition) is 5. The minimum atomic E-state index is -0.181. The molecule has 1 aromatic carbocycles. The summed E-state index contributed by atoms with van der Waals surface area (Å²) < 4.78 is 6.09. The van der Waals surface area contributed by atoms with Gasteiger partial charge in [0.2, 0.25) is 0 Å². The number of ether oxygens (including phenoxy) is 1. The summed E-state index contributed by atoms with van der Waals surface area (Å²) in [6, 6.07) is 8.51. The lowest BCUT2D eigenvalue weighted by Gasteiger charge is -2.29. The lowest BCUT2D eigenvalue weighted by Crippen LogP contribution is -2.41. The zero-order valence-electron chi connectivity index (χ0n) is 15.4. The maximum absolute atomic E-state index is 12.4. The summed E-state index contributed by atoms with van der Waals surface area (Å²) >= 11 is 0. The SMILES string of the molecule is C[C@@H]1[C@H]2CO[C@]1(Cc1ccc(NC(=O)c3cnc(C4CC4)nc3)cc1)CN2. The van der Waals surface area contributed by atoms with Gasteiger partial charge in [-0.2, -0.15) is 0 Å². The van der Waals surface area contributed by atoms with Gasteiger partial charge in [-0.3, -0.25) is 4.79 Å². The molecule has 5 rings (SSSR count). The van der Waals surface area contributed by atoms with Crippen LogP contribution in [0.1, 0.15) is 47.4 Å². The number of fused-ring (bicyclic) bond motifs is 2. The van der Waals surface area contributed by atoms with E-state index < -0.39 is 0 Å². The molecule has 6 heteroatoms. The van der Waals surface area contributed by atoms with Crippen LogP contribution >= 0.6 is 0 Å². The minimum absolute atomic E-state index is 0.0872. The molecular formula is C21H24N4O2. The third-order valence-corrected chi connectivity index (χ3v) is 6.24. The average Bonchev–Trinajstić information content (AvgIpc) is 3.46. The lowest BCUT2D eigenvalue weighted by molar-refractivity contribution is -0.0189. The second kappa shape index (κ2) is 6.39. The third kappa shape index (κ3) is 3.13. The topological polar surface area (TPSA) is 76.1 Å². The van der Waals surface area contributed by atoms with Crippen molar-refractivity contribution >= 4 is 11.6 Å². The number of nitrogens with zero attached hydrogens (tertiary/aromatic N) is 2. The first kappa shape index (κ1) is 16.8. The van der Waals surface area contributed by atoms with Crippen LogP contribution in [0.3, 0.4) is 0 Å². The highest BCUT2D eigenvalue weighted by Gasteiger charge is 2.52. The van der Waals surface area contributed by atoms with Crippen molar-refractivity contribution in [3.05, 3.63) is 53.6 Å². The number of morpholine rings is 1. The standard InChI is InChI=1S/C21H24N4O2/c1-13-18-11-27-21(13,12-24-18)8-14-2-6-17(7-3-14)25-20(26)16-9-22-19(23-10-16)15-4-5-15/h2-3,6-7,9-10,13,15,18,24H,4-5,8,11-12H2,1H3,(H,25,26)/t13-,18-,21-/m1/s1. The number of anilines is 1. The van der Waals surface area contributed by atoms with Gasteiger partial charge in [0.05, 0.1) is 17.8 Å². The number of rotatable bonds is 5. The Hall–Kier alpha value is -2.31. The fourth-order valence-electron chi connectivity index (χ4n) is 4.19. The molecule has 2 bridgehead atoms. The normalized spacial score (nSPS) is 29.1. The van der Waals surface area contributed by atoms with E-state index in [1.54, 1.807) is 12.4 Å². The zero-order valence-corrected chi connectivity index (χ0v) is 15.4. The molecule has 140 valence electrons. The molecule has 0 unspecified atom stereocenters. The van der Waals surface area contributed by atoms with Crippen LogP contribution in [0.2, 0.25) is 0 Å². The zero-order chi connectivity index (χ0) is 18.4. The number of nitrogens with one attached hydrogen (secondary N) is 2. The van der Waals surface area contributed by atoms with E-state index in [1.165, 1.54) is 5.56 Å². The Labute approximate surface area is 158 Å². The van der Waals surface area contributed by atoms with Gasteiger partial charge < -0.3 is 15.4 Å². The Morgan fingerprint density at radius 1 is 1.26 bits per heavy atom. The van der Waals surface area contributed by atoms with Crippen molar-refractivity contribution in [2.24, 2.45) is 5.92 Å². The monoisotopic (exact) mass is 364 g/mol. The van der Waals surface area contributed by atoms with E-state index in [9.17, 15) is 4.79 Å². The van der Waals surface area contributed by atoms with Crippen molar-refractivity contribution in [3.8, 4) is 0 Å². The molecule has 27 heavy (non-hydrogen) atoms. The number of aromatic nitrogens is 2. The number of carbonyl (C=O) groups excluding carboxylic acids is 1. The van der Waals surface area contributed by atoms with E-state index in [1.807, 2.05) is 12.1 Å². The van der Waals surface area contributed by atoms with E-state index in [4.69, 9.17) is 4.74 Å². The summed E-state index contributed by atoms with van der Waals surface area (Å²) in [7, 11) is 0. The Morgan fingerprint density at radius 3 is 2.56 bits per heavy atom. The van der Waals surface area contributed by atoms with Crippen molar-refractivity contribution in [3.63, 3.8) is 0 Å². The second-order valence-corrected chi connectivity index (χ2v) is 8.08. The highest BCUT2D eigenvalue weighted by molar-refractivity contribution is 6.03. The van der Waals surface area contributed by atoms with E-state index in [0.717, 1.165) is 43.9 Å². The van der Waals surface area contributed by atoms with Gasteiger partial charge in [0.15, 0.2) is 0 Å². The van der Waals surface area contributed by atoms with Gasteiger partial charge in [-0.25, -0.2) is 9.97 Å². The number of hydrogen-bond donors (Lipinski definition) is 2. The van der Waals surface area contributed by atoms with Gasteiger partial charge >= 0.3 is 0 Å². The smallest absolute Gasteiger partial charge is 0.258 e. The highest BCUT2D eigenvalue weighted by Crippen LogP contribution is 2.39. The Kier molecular flexibility index (Phi) is 3.98. The molecule has 2 aliphatic heterocycles. The van der Waals surface area contributed by atoms with Crippen molar-refractivity contribution < 1.29 is 9.53 Å². The van der Waals surface area contributed by atoms with Crippen LogP contribution in [-0.4, -0.2) is 40.7 Å². The predicted octanol–water partition coefficient (Wildman–Crippen LogP) is 2.53. The van der Waals surface area contributed by atoms with Crippen molar-refractivity contribution in [2.75, 3.05) is 18.5 Å². The maximum Gasteiger partial charge on any atom is 0.258 e. The fourth-order valence-corrected chi connectivity index (χ4v) is 4.19. The molecule has 6 nitrogen and oxygen atoms in total. The summed E-state index contributed by atoms with van der Waals surface area (Å²) in [6.07, 6.45) is 6.43. The van der Waals surface area contributed by atoms with Crippen LogP contribution in [0.5, 0.6) is 0 Å². The van der Waals surface area contributed by atoms with Gasteiger partial charge in [0, 0.05) is 48.9 Å². The van der Waals surface area contributed by atoms with Crippen LogP contribution in [0.15, 0.2) is 36.7 Å². The molecule has 3 aliphatic rings. The summed E-state index contributed by atoms with van der Waals surface area (Å²) in [5.41, 5.74) is 2.39. The molecule has 3 fully saturated rings. The summed E-state index contributed by atoms with van der Waals surface area (Å²) in [5.74, 6) is 1.68. The number of benzene rings is 1. The summed E-state index contributed by atoms with van der Waals surface area (Å²) in [6.45, 7) is 3.98. The van der Waals surface area contributed by atoms with Gasteiger partial charge in [0.1, 0.15) is 5.82 Å². The van der Waals surface area contributed by atoms with E-state index in [0.29, 0.717) is 23.4 Å². The van der Waals surface area contributed by atoms with Crippen molar-refractivity contribution in [2.45, 2.75) is 43.7 Å². The molecule has 2 saturated heterocycles. The molecule has 1 aromatic heterocycles. The molecule has 2 aromatic rings. The van der Waals surface area contributed by atoms with Gasteiger partial charge in [0.25, 0.3) is 5.91 Å². The molecule has 1 saturated carbocycles. The summed E-state index contributed by atoms with van der Waals surface area (Å²) in [5, 5.41) is 6.46. The Morgan fingerprint density at radius 2 is 2.00 bits per heavy atom. The van der Waals surface area contributed by atoms with E-state index in [-0.39, 0.29) is 11.5 Å². The molecule has 1 aliphatic carbocycles. The molecule has 2 N–H and O–H groups in total. The predicted molar refractivity (Wildman–Crippen MR) is 102 cm³/mol. The van der Waals surface area contributed by atoms with Gasteiger partial charge in [-0.15, -0.1) is 0 Å². The third-order valence-electron chi connectivity index (χ3n) is 6.24. The first-order valence-corrected chi connectivity index (χ1v) is 9.72. The molecular weight excluding hydrogens is 340 g/mol. The van der Waals surface area contributed by atoms with Crippen molar-refractivity contribution in [1.29, 1.82) is 0 Å². The molecule has 0 spiro atoms. The van der Waals surface area contributed by atoms with Crippen LogP contribution in [0, 0.1) is 5.92 Å². The van der Waals surface area contributed by atoms with Crippen LogP contribution < -0.4 is 10.6 Å². The van der Waals surface area contributed by atoms with Crippen molar-refractivity contribution in [1.82, 2.24) is 15.3 Å². The first-order chi connectivity index (χ1) is 13.1. The van der Waals surface area contributed by atoms with E-state index >= 15 is 0 Å². The minimum Gasteiger partial charge on any atom is -0.371 e.